The summed E-state index contributed by atoms with van der Waals surface area (Å²) in [7, 11) is 0. The molecule has 2 aromatic rings. The van der Waals surface area contributed by atoms with Gasteiger partial charge in [0.15, 0.2) is 0 Å². The van der Waals surface area contributed by atoms with Crippen molar-refractivity contribution in [1.29, 1.82) is 0 Å². The van der Waals surface area contributed by atoms with Gasteiger partial charge in [-0.05, 0) is 37.0 Å². The van der Waals surface area contributed by atoms with Crippen molar-refractivity contribution in [1.82, 2.24) is 4.90 Å². The first-order valence-electron chi connectivity index (χ1n) is 7.34. The molecule has 0 saturated carbocycles. The molecule has 2 nitrogen and oxygen atoms in total. The fourth-order valence-corrected chi connectivity index (χ4v) is 3.11. The molecule has 0 bridgehead atoms. The molecular weight excluding hydrogens is 246 g/mol. The molecule has 3 rings (SSSR count). The number of hydrogen-bond acceptors (Lipinski definition) is 2. The van der Waals surface area contributed by atoms with Gasteiger partial charge in [0.1, 0.15) is 5.75 Å². The Morgan fingerprint density at radius 3 is 2.05 bits per heavy atom. The lowest BCUT2D eigenvalue weighted by atomic mass is 10.0. The molecule has 0 radical (unpaired) electrons. The maximum Gasteiger partial charge on any atom is 0.120 e. The lowest BCUT2D eigenvalue weighted by Gasteiger charge is -2.28. The third-order valence-electron chi connectivity index (χ3n) is 4.39. The predicted molar refractivity (Wildman–Crippen MR) is 81.9 cm³/mol. The number of phenolic OH excluding ortho intramolecular Hbond substituents is 1. The van der Waals surface area contributed by atoms with Crippen LogP contribution in [0.5, 0.6) is 5.75 Å². The monoisotopic (exact) mass is 267 g/mol. The summed E-state index contributed by atoms with van der Waals surface area (Å²) in [6.07, 6.45) is 2.18. The van der Waals surface area contributed by atoms with Crippen molar-refractivity contribution in [3.8, 4) is 5.75 Å². The third-order valence-corrected chi connectivity index (χ3v) is 4.39. The van der Waals surface area contributed by atoms with Crippen LogP contribution in [0.3, 0.4) is 0 Å². The van der Waals surface area contributed by atoms with Gasteiger partial charge >= 0.3 is 0 Å². The Hall–Kier alpha value is -1.80. The Bertz CT molecular complexity index is 566. The summed E-state index contributed by atoms with van der Waals surface area (Å²) in [6.45, 7) is 4.28. The first-order valence-corrected chi connectivity index (χ1v) is 7.34. The number of aromatic hydroxyl groups is 1. The van der Waals surface area contributed by atoms with Gasteiger partial charge in [-0.2, -0.15) is 0 Å². The molecule has 0 aliphatic carbocycles. The fourth-order valence-electron chi connectivity index (χ4n) is 3.11. The standard InChI is InChI=1S/C18H21NO/c1-14(17-8-4-5-9-18(17)20)19-12-10-15-6-2-3-7-16(15)11-13-19/h2-9,14,20H,10-13H2,1H3. The van der Waals surface area contributed by atoms with Crippen LogP contribution in [0, 0.1) is 0 Å². The normalized spacial score (nSPS) is 17.2. The molecule has 1 N–H and O–H groups in total. The molecule has 1 heterocycles. The summed E-state index contributed by atoms with van der Waals surface area (Å²) < 4.78 is 0. The summed E-state index contributed by atoms with van der Waals surface area (Å²) >= 11 is 0. The zero-order valence-electron chi connectivity index (χ0n) is 11.9. The average Bonchev–Trinajstić information content (AvgIpc) is 2.70. The molecule has 0 amide bonds. The first kappa shape index (κ1) is 13.2. The van der Waals surface area contributed by atoms with Crippen LogP contribution in [0.4, 0.5) is 0 Å². The van der Waals surface area contributed by atoms with Crippen molar-refractivity contribution in [3.05, 3.63) is 65.2 Å². The van der Waals surface area contributed by atoms with Crippen molar-refractivity contribution in [2.75, 3.05) is 13.1 Å². The molecule has 2 heteroatoms. The van der Waals surface area contributed by atoms with Crippen LogP contribution in [-0.4, -0.2) is 23.1 Å². The second-order valence-corrected chi connectivity index (χ2v) is 5.54. The Labute approximate surface area is 120 Å². The van der Waals surface area contributed by atoms with Gasteiger partial charge in [0, 0.05) is 24.7 Å². The lowest BCUT2D eigenvalue weighted by Crippen LogP contribution is -2.29. The van der Waals surface area contributed by atoms with Gasteiger partial charge in [-0.25, -0.2) is 0 Å². The molecule has 104 valence electrons. The Balaban J connectivity index is 1.78. The van der Waals surface area contributed by atoms with Crippen molar-refractivity contribution in [2.45, 2.75) is 25.8 Å². The van der Waals surface area contributed by atoms with E-state index in [9.17, 15) is 5.11 Å². The van der Waals surface area contributed by atoms with Gasteiger partial charge in [0.25, 0.3) is 0 Å². The van der Waals surface area contributed by atoms with E-state index in [1.54, 1.807) is 6.07 Å². The number of phenols is 1. The maximum atomic E-state index is 10.0. The van der Waals surface area contributed by atoms with Crippen molar-refractivity contribution in [3.63, 3.8) is 0 Å². The van der Waals surface area contributed by atoms with Crippen LogP contribution in [0.1, 0.15) is 29.7 Å². The number of rotatable bonds is 2. The van der Waals surface area contributed by atoms with E-state index < -0.39 is 0 Å². The smallest absolute Gasteiger partial charge is 0.120 e. The number of fused-ring (bicyclic) bond motifs is 1. The molecular formula is C18H21NO. The van der Waals surface area contributed by atoms with Crippen LogP contribution >= 0.6 is 0 Å². The molecule has 0 fully saturated rings. The second-order valence-electron chi connectivity index (χ2n) is 5.54. The Morgan fingerprint density at radius 1 is 0.900 bits per heavy atom. The summed E-state index contributed by atoms with van der Waals surface area (Å²) in [5, 5.41) is 10.0. The molecule has 1 unspecified atom stereocenters. The fraction of sp³-hybridized carbons (Fsp3) is 0.333. The minimum atomic E-state index is 0.255. The molecule has 1 atom stereocenters. The summed E-state index contributed by atoms with van der Waals surface area (Å²) in [6, 6.07) is 16.7. The van der Waals surface area contributed by atoms with Gasteiger partial charge in [-0.3, -0.25) is 4.90 Å². The quantitative estimate of drug-likeness (QED) is 0.899. The van der Waals surface area contributed by atoms with Crippen LogP contribution in [0.2, 0.25) is 0 Å². The topological polar surface area (TPSA) is 23.5 Å². The van der Waals surface area contributed by atoms with E-state index >= 15 is 0 Å². The highest BCUT2D eigenvalue weighted by Crippen LogP contribution is 2.29. The minimum absolute atomic E-state index is 0.255. The third kappa shape index (κ3) is 2.56. The molecule has 20 heavy (non-hydrogen) atoms. The summed E-state index contributed by atoms with van der Waals surface area (Å²) in [5.41, 5.74) is 3.97. The van der Waals surface area contributed by atoms with Gasteiger partial charge in [0.2, 0.25) is 0 Å². The number of benzene rings is 2. The SMILES string of the molecule is CC(c1ccccc1O)N1CCc2ccccc2CC1. The number of para-hydroxylation sites is 1. The Morgan fingerprint density at radius 2 is 1.45 bits per heavy atom. The molecule has 0 saturated heterocycles. The molecule has 0 aromatic heterocycles. The van der Waals surface area contributed by atoms with Crippen molar-refractivity contribution < 1.29 is 5.11 Å². The van der Waals surface area contributed by atoms with Crippen LogP contribution in [-0.2, 0) is 12.8 Å². The van der Waals surface area contributed by atoms with Gasteiger partial charge < -0.3 is 5.11 Å². The maximum absolute atomic E-state index is 10.0. The minimum Gasteiger partial charge on any atom is -0.508 e. The largest absolute Gasteiger partial charge is 0.508 e. The van der Waals surface area contributed by atoms with Crippen LogP contribution in [0.15, 0.2) is 48.5 Å². The average molecular weight is 267 g/mol. The van der Waals surface area contributed by atoms with E-state index in [0.29, 0.717) is 5.75 Å². The highest BCUT2D eigenvalue weighted by Gasteiger charge is 2.21. The van der Waals surface area contributed by atoms with E-state index in [2.05, 4.69) is 36.1 Å². The zero-order valence-corrected chi connectivity index (χ0v) is 11.9. The van der Waals surface area contributed by atoms with Crippen molar-refractivity contribution >= 4 is 0 Å². The molecule has 1 aliphatic rings. The van der Waals surface area contributed by atoms with Crippen LogP contribution < -0.4 is 0 Å². The molecule has 0 spiro atoms. The predicted octanol–water partition coefficient (Wildman–Crippen LogP) is 3.55. The highest BCUT2D eigenvalue weighted by atomic mass is 16.3. The van der Waals surface area contributed by atoms with Crippen LogP contribution in [0.25, 0.3) is 0 Å². The van der Waals surface area contributed by atoms with Gasteiger partial charge in [0.05, 0.1) is 0 Å². The van der Waals surface area contributed by atoms with Gasteiger partial charge in [-0.15, -0.1) is 0 Å². The van der Waals surface area contributed by atoms with E-state index in [4.69, 9.17) is 0 Å². The van der Waals surface area contributed by atoms with E-state index in [0.717, 1.165) is 31.5 Å². The zero-order chi connectivity index (χ0) is 13.9. The molecule has 2 aromatic carbocycles. The Kier molecular flexibility index (Phi) is 3.75. The molecule has 1 aliphatic heterocycles. The summed E-state index contributed by atoms with van der Waals surface area (Å²) in [5.74, 6) is 0.404. The van der Waals surface area contributed by atoms with E-state index in [-0.39, 0.29) is 6.04 Å². The number of hydrogen-bond donors (Lipinski definition) is 1. The first-order chi connectivity index (χ1) is 9.75. The highest BCUT2D eigenvalue weighted by molar-refractivity contribution is 5.35. The van der Waals surface area contributed by atoms with Crippen molar-refractivity contribution in [2.24, 2.45) is 0 Å². The lowest BCUT2D eigenvalue weighted by molar-refractivity contribution is 0.217. The van der Waals surface area contributed by atoms with E-state index in [1.807, 2.05) is 18.2 Å². The number of nitrogens with zero attached hydrogens (tertiary/aromatic N) is 1. The summed E-state index contributed by atoms with van der Waals surface area (Å²) in [4.78, 5) is 2.47. The van der Waals surface area contributed by atoms with E-state index in [1.165, 1.54) is 11.1 Å². The second kappa shape index (κ2) is 5.68. The van der Waals surface area contributed by atoms with Gasteiger partial charge in [-0.1, -0.05) is 42.5 Å².